The van der Waals surface area contributed by atoms with E-state index in [1.807, 2.05) is 0 Å². The molecule has 2 amide bonds. The monoisotopic (exact) mass is 381 g/mol. The van der Waals surface area contributed by atoms with Crippen LogP contribution in [0.4, 0.5) is 11.4 Å². The maximum atomic E-state index is 12.9. The average molecular weight is 381 g/mol. The van der Waals surface area contributed by atoms with Crippen LogP contribution < -0.4 is 9.64 Å². The number of carbonyl (C=O) groups excluding carboxylic acids is 2. The summed E-state index contributed by atoms with van der Waals surface area (Å²) in [5.41, 5.74) is 1.64. The van der Waals surface area contributed by atoms with Gasteiger partial charge in [-0.3, -0.25) is 19.7 Å². The van der Waals surface area contributed by atoms with Gasteiger partial charge in [0.25, 0.3) is 11.6 Å². The van der Waals surface area contributed by atoms with Gasteiger partial charge in [-0.15, -0.1) is 0 Å². The first-order valence-electron chi connectivity index (χ1n) is 8.60. The summed E-state index contributed by atoms with van der Waals surface area (Å²) in [6, 6.07) is 11.0. The Labute approximate surface area is 161 Å². The van der Waals surface area contributed by atoms with Gasteiger partial charge in [0.2, 0.25) is 5.91 Å². The maximum absolute atomic E-state index is 12.9. The Kier molecular flexibility index (Phi) is 5.39. The van der Waals surface area contributed by atoms with E-state index >= 15 is 0 Å². The number of carbonyl (C=O) groups is 2. The standard InChI is InChI=1S/C20H19N3O5/c1-3-19(24)21(2)16-6-4-14(5-7-16)20(25)22-10-11-28-18-9-8-17(23(26)27)12-15(18)13-22/h3-9,12H,1,10-11,13H2,2H3. The quantitative estimate of drug-likeness (QED) is 0.461. The molecule has 3 rings (SSSR count). The number of hydrogen-bond donors (Lipinski definition) is 0. The number of likely N-dealkylation sites (N-methyl/N-ethyl adjacent to an activating group) is 1. The summed E-state index contributed by atoms with van der Waals surface area (Å²) >= 11 is 0. The third-order valence-electron chi connectivity index (χ3n) is 4.53. The van der Waals surface area contributed by atoms with E-state index < -0.39 is 4.92 Å². The highest BCUT2D eigenvalue weighted by molar-refractivity contribution is 6.01. The van der Waals surface area contributed by atoms with E-state index in [1.54, 1.807) is 42.3 Å². The number of fused-ring (bicyclic) bond motifs is 1. The molecule has 8 nitrogen and oxygen atoms in total. The molecule has 0 radical (unpaired) electrons. The van der Waals surface area contributed by atoms with E-state index in [-0.39, 0.29) is 24.0 Å². The molecule has 1 aliphatic heterocycles. The second-order valence-corrected chi connectivity index (χ2v) is 6.27. The van der Waals surface area contributed by atoms with Crippen LogP contribution in [-0.2, 0) is 11.3 Å². The van der Waals surface area contributed by atoms with Gasteiger partial charge in [-0.1, -0.05) is 6.58 Å². The van der Waals surface area contributed by atoms with Crippen molar-refractivity contribution in [2.75, 3.05) is 25.1 Å². The number of nitrogens with zero attached hydrogens (tertiary/aromatic N) is 3. The van der Waals surface area contributed by atoms with Crippen LogP contribution in [0.3, 0.4) is 0 Å². The predicted molar refractivity (Wildman–Crippen MR) is 103 cm³/mol. The number of nitro benzene ring substituents is 1. The van der Waals surface area contributed by atoms with Gasteiger partial charge < -0.3 is 14.5 Å². The summed E-state index contributed by atoms with van der Waals surface area (Å²) in [4.78, 5) is 38.1. The maximum Gasteiger partial charge on any atom is 0.270 e. The van der Waals surface area contributed by atoms with Crippen LogP contribution in [0, 0.1) is 10.1 Å². The number of non-ortho nitro benzene ring substituents is 1. The van der Waals surface area contributed by atoms with E-state index in [0.29, 0.717) is 35.7 Å². The zero-order valence-electron chi connectivity index (χ0n) is 15.3. The number of anilines is 1. The van der Waals surface area contributed by atoms with Crippen molar-refractivity contribution < 1.29 is 19.2 Å². The van der Waals surface area contributed by atoms with Crippen LogP contribution in [0.15, 0.2) is 55.1 Å². The van der Waals surface area contributed by atoms with E-state index in [2.05, 4.69) is 6.58 Å². The summed E-state index contributed by atoms with van der Waals surface area (Å²) in [5.74, 6) is 0.0787. The van der Waals surface area contributed by atoms with Crippen molar-refractivity contribution in [1.82, 2.24) is 4.90 Å². The molecule has 28 heavy (non-hydrogen) atoms. The number of ether oxygens (including phenoxy) is 1. The second-order valence-electron chi connectivity index (χ2n) is 6.27. The van der Waals surface area contributed by atoms with Crippen molar-refractivity contribution in [3.63, 3.8) is 0 Å². The minimum Gasteiger partial charge on any atom is -0.491 e. The zero-order chi connectivity index (χ0) is 20.3. The number of hydrogen-bond acceptors (Lipinski definition) is 5. The highest BCUT2D eigenvalue weighted by Gasteiger charge is 2.23. The Morgan fingerprint density at radius 3 is 2.61 bits per heavy atom. The van der Waals surface area contributed by atoms with Crippen molar-refractivity contribution in [2.24, 2.45) is 0 Å². The molecular formula is C20H19N3O5. The molecule has 0 aromatic heterocycles. The summed E-state index contributed by atoms with van der Waals surface area (Å²) in [5, 5.41) is 11.0. The van der Waals surface area contributed by atoms with Crippen molar-refractivity contribution in [1.29, 1.82) is 0 Å². The van der Waals surface area contributed by atoms with Gasteiger partial charge in [0, 0.05) is 36.0 Å². The Balaban J connectivity index is 1.80. The molecular weight excluding hydrogens is 362 g/mol. The van der Waals surface area contributed by atoms with E-state index in [1.165, 1.54) is 23.1 Å². The van der Waals surface area contributed by atoms with Crippen LogP contribution in [0.2, 0.25) is 0 Å². The average Bonchev–Trinajstić information content (AvgIpc) is 2.93. The molecule has 1 heterocycles. The minimum absolute atomic E-state index is 0.0454. The number of amides is 2. The molecule has 0 saturated heterocycles. The molecule has 2 aromatic carbocycles. The number of benzene rings is 2. The van der Waals surface area contributed by atoms with Crippen LogP contribution in [0.5, 0.6) is 5.75 Å². The summed E-state index contributed by atoms with van der Waals surface area (Å²) in [6.45, 7) is 4.32. The normalized spacial score (nSPS) is 13.0. The smallest absolute Gasteiger partial charge is 0.270 e. The molecule has 0 unspecified atom stereocenters. The molecule has 0 aliphatic carbocycles. The molecule has 0 spiro atoms. The fourth-order valence-electron chi connectivity index (χ4n) is 2.94. The van der Waals surface area contributed by atoms with Crippen molar-refractivity contribution in [3.8, 4) is 5.75 Å². The third kappa shape index (κ3) is 3.85. The van der Waals surface area contributed by atoms with Crippen LogP contribution in [0.25, 0.3) is 0 Å². The highest BCUT2D eigenvalue weighted by atomic mass is 16.6. The lowest BCUT2D eigenvalue weighted by Crippen LogP contribution is -2.32. The molecule has 8 heteroatoms. The fourth-order valence-corrected chi connectivity index (χ4v) is 2.94. The molecule has 0 N–H and O–H groups in total. The molecule has 144 valence electrons. The Bertz CT molecular complexity index is 939. The predicted octanol–water partition coefficient (Wildman–Crippen LogP) is 2.78. The Hall–Kier alpha value is -3.68. The Morgan fingerprint density at radius 1 is 1.25 bits per heavy atom. The molecule has 0 bridgehead atoms. The molecule has 0 saturated carbocycles. The lowest BCUT2D eigenvalue weighted by molar-refractivity contribution is -0.384. The van der Waals surface area contributed by atoms with Crippen molar-refractivity contribution in [2.45, 2.75) is 6.54 Å². The summed E-state index contributed by atoms with van der Waals surface area (Å²) in [6.07, 6.45) is 1.22. The Morgan fingerprint density at radius 2 is 1.96 bits per heavy atom. The fraction of sp³-hybridized carbons (Fsp3) is 0.200. The number of rotatable bonds is 4. The van der Waals surface area contributed by atoms with Gasteiger partial charge in [-0.25, -0.2) is 0 Å². The SMILES string of the molecule is C=CC(=O)N(C)c1ccc(C(=O)N2CCOc3ccc([N+](=O)[O-])cc3C2)cc1. The van der Waals surface area contributed by atoms with Crippen molar-refractivity contribution in [3.05, 3.63) is 76.4 Å². The second kappa shape index (κ2) is 7.91. The first kappa shape index (κ1) is 19.1. The van der Waals surface area contributed by atoms with Gasteiger partial charge in [0.15, 0.2) is 0 Å². The lowest BCUT2D eigenvalue weighted by atomic mass is 10.1. The van der Waals surface area contributed by atoms with Crippen LogP contribution in [-0.4, -0.2) is 41.8 Å². The lowest BCUT2D eigenvalue weighted by Gasteiger charge is -2.21. The summed E-state index contributed by atoms with van der Waals surface area (Å²) in [7, 11) is 1.62. The summed E-state index contributed by atoms with van der Waals surface area (Å²) < 4.78 is 5.62. The van der Waals surface area contributed by atoms with Gasteiger partial charge >= 0.3 is 0 Å². The van der Waals surface area contributed by atoms with Gasteiger partial charge in [0.1, 0.15) is 12.4 Å². The zero-order valence-corrected chi connectivity index (χ0v) is 15.3. The molecule has 0 atom stereocenters. The van der Waals surface area contributed by atoms with Crippen molar-refractivity contribution >= 4 is 23.2 Å². The largest absolute Gasteiger partial charge is 0.491 e. The molecule has 0 fully saturated rings. The minimum atomic E-state index is -0.475. The first-order chi connectivity index (χ1) is 13.4. The van der Waals surface area contributed by atoms with Gasteiger partial charge in [-0.2, -0.15) is 0 Å². The first-order valence-corrected chi connectivity index (χ1v) is 8.60. The van der Waals surface area contributed by atoms with E-state index in [4.69, 9.17) is 4.74 Å². The highest BCUT2D eigenvalue weighted by Crippen LogP contribution is 2.28. The van der Waals surface area contributed by atoms with Crippen LogP contribution in [0.1, 0.15) is 15.9 Å². The van der Waals surface area contributed by atoms with Crippen LogP contribution >= 0.6 is 0 Å². The molecule has 1 aliphatic rings. The van der Waals surface area contributed by atoms with Gasteiger partial charge in [-0.05, 0) is 36.4 Å². The molecule has 2 aromatic rings. The van der Waals surface area contributed by atoms with E-state index in [9.17, 15) is 19.7 Å². The third-order valence-corrected chi connectivity index (χ3v) is 4.53. The topological polar surface area (TPSA) is 93.0 Å². The van der Waals surface area contributed by atoms with Gasteiger partial charge in [0.05, 0.1) is 18.0 Å². The van der Waals surface area contributed by atoms with E-state index in [0.717, 1.165) is 0 Å². The number of nitro groups is 1.